The van der Waals surface area contributed by atoms with Gasteiger partial charge in [-0.25, -0.2) is 0 Å². The number of likely N-dealkylation sites (tertiary alicyclic amines) is 2. The fourth-order valence-corrected chi connectivity index (χ4v) is 5.71. The Labute approximate surface area is 174 Å². The average Bonchev–Trinajstić information content (AvgIpc) is 3.12. The molecule has 1 aromatic carbocycles. The summed E-state index contributed by atoms with van der Waals surface area (Å²) in [5.41, 5.74) is 2.73. The van der Waals surface area contributed by atoms with Gasteiger partial charge in [-0.3, -0.25) is 9.59 Å². The molecule has 1 N–H and O–H groups in total. The van der Waals surface area contributed by atoms with Crippen LogP contribution in [0.3, 0.4) is 0 Å². The Morgan fingerprint density at radius 2 is 1.79 bits per heavy atom. The Kier molecular flexibility index (Phi) is 5.69. The number of hydrogen-bond donors (Lipinski definition) is 1. The van der Waals surface area contributed by atoms with Crippen molar-refractivity contribution in [1.82, 2.24) is 9.80 Å². The highest BCUT2D eigenvalue weighted by Crippen LogP contribution is 2.40. The summed E-state index contributed by atoms with van der Waals surface area (Å²) in [5.74, 6) is 0.252. The first-order chi connectivity index (χ1) is 13.9. The van der Waals surface area contributed by atoms with E-state index in [0.29, 0.717) is 13.0 Å². The van der Waals surface area contributed by atoms with Crippen LogP contribution in [-0.4, -0.2) is 57.5 Å². The maximum atomic E-state index is 13.7. The summed E-state index contributed by atoms with van der Waals surface area (Å²) in [6.45, 7) is 5.58. The summed E-state index contributed by atoms with van der Waals surface area (Å²) in [6, 6.07) is 6.46. The van der Waals surface area contributed by atoms with Gasteiger partial charge < -0.3 is 14.9 Å². The zero-order valence-electron chi connectivity index (χ0n) is 17.8. The fourth-order valence-electron chi connectivity index (χ4n) is 5.71. The molecule has 5 heteroatoms. The molecule has 1 atom stereocenters. The van der Waals surface area contributed by atoms with Crippen LogP contribution in [0.4, 0.5) is 0 Å². The Hall–Kier alpha value is -1.88. The van der Waals surface area contributed by atoms with Crippen molar-refractivity contribution < 1.29 is 14.7 Å². The Morgan fingerprint density at radius 3 is 2.52 bits per heavy atom. The lowest BCUT2D eigenvalue weighted by Gasteiger charge is -2.48. The van der Waals surface area contributed by atoms with Gasteiger partial charge in [0.2, 0.25) is 11.8 Å². The number of rotatable bonds is 3. The second kappa shape index (κ2) is 8.10. The monoisotopic (exact) mass is 398 g/mol. The molecule has 2 heterocycles. The van der Waals surface area contributed by atoms with E-state index >= 15 is 0 Å². The number of benzene rings is 1. The molecule has 1 aliphatic carbocycles. The number of hydrogen-bond acceptors (Lipinski definition) is 3. The molecule has 0 aromatic heterocycles. The van der Waals surface area contributed by atoms with Crippen molar-refractivity contribution in [2.45, 2.75) is 89.3 Å². The molecular weight excluding hydrogens is 364 g/mol. The molecule has 3 aliphatic rings. The van der Waals surface area contributed by atoms with Crippen LogP contribution in [-0.2, 0) is 16.0 Å². The van der Waals surface area contributed by atoms with E-state index in [-0.39, 0.29) is 24.0 Å². The molecule has 2 aliphatic heterocycles. The molecule has 2 saturated heterocycles. The molecule has 2 amide bonds. The smallest absolute Gasteiger partial charge is 0.248 e. The lowest BCUT2D eigenvalue weighted by Crippen LogP contribution is -2.63. The third-order valence-corrected chi connectivity index (χ3v) is 7.39. The number of nitrogens with zero attached hydrogens (tertiary/aromatic N) is 2. The minimum Gasteiger partial charge on any atom is -0.393 e. The van der Waals surface area contributed by atoms with Crippen LogP contribution >= 0.6 is 0 Å². The molecule has 1 unspecified atom stereocenters. The number of amides is 2. The van der Waals surface area contributed by atoms with E-state index in [1.54, 1.807) is 0 Å². The number of carbonyl (C=O) groups excluding carboxylic acids is 2. The number of carbonyl (C=O) groups is 2. The predicted octanol–water partition coefficient (Wildman–Crippen LogP) is 3.13. The van der Waals surface area contributed by atoms with Gasteiger partial charge in [0.1, 0.15) is 5.54 Å². The molecule has 29 heavy (non-hydrogen) atoms. The summed E-state index contributed by atoms with van der Waals surface area (Å²) < 4.78 is 0. The van der Waals surface area contributed by atoms with E-state index in [1.165, 1.54) is 0 Å². The lowest BCUT2D eigenvalue weighted by molar-refractivity contribution is -0.158. The van der Waals surface area contributed by atoms with Crippen LogP contribution in [0.25, 0.3) is 0 Å². The standard InChI is InChI=1S/C24H34N2O3/c1-17-5-6-18(2)19(15-17)16-22(28)26-14-4-12-24(26)11-3-13-25(23(24)29)20-7-9-21(27)10-8-20/h5-6,15,20-21,27H,3-4,7-14,16H2,1-2H3. The van der Waals surface area contributed by atoms with Gasteiger partial charge in [-0.2, -0.15) is 0 Å². The van der Waals surface area contributed by atoms with Gasteiger partial charge in [-0.05, 0) is 76.3 Å². The Balaban J connectivity index is 1.53. The number of piperidine rings is 1. The third kappa shape index (κ3) is 3.81. The summed E-state index contributed by atoms with van der Waals surface area (Å²) in [7, 11) is 0. The lowest BCUT2D eigenvalue weighted by atomic mass is 9.82. The molecule has 0 radical (unpaired) electrons. The normalized spacial score (nSPS) is 30.2. The molecule has 5 nitrogen and oxygen atoms in total. The number of aliphatic hydroxyl groups excluding tert-OH is 1. The quantitative estimate of drug-likeness (QED) is 0.851. The molecule has 1 aromatic rings. The largest absolute Gasteiger partial charge is 0.393 e. The average molecular weight is 399 g/mol. The van der Waals surface area contributed by atoms with Crippen LogP contribution in [0.5, 0.6) is 0 Å². The first-order valence-corrected chi connectivity index (χ1v) is 11.3. The van der Waals surface area contributed by atoms with Crippen molar-refractivity contribution in [3.05, 3.63) is 34.9 Å². The van der Waals surface area contributed by atoms with Gasteiger partial charge in [-0.15, -0.1) is 0 Å². The zero-order valence-corrected chi connectivity index (χ0v) is 17.8. The van der Waals surface area contributed by atoms with Crippen LogP contribution in [0.1, 0.15) is 68.1 Å². The van der Waals surface area contributed by atoms with Crippen LogP contribution < -0.4 is 0 Å². The van der Waals surface area contributed by atoms with Crippen LogP contribution in [0, 0.1) is 13.8 Å². The van der Waals surface area contributed by atoms with E-state index in [9.17, 15) is 14.7 Å². The predicted molar refractivity (Wildman–Crippen MR) is 113 cm³/mol. The van der Waals surface area contributed by atoms with E-state index in [2.05, 4.69) is 30.0 Å². The molecular formula is C24H34N2O3. The van der Waals surface area contributed by atoms with Crippen LogP contribution in [0.2, 0.25) is 0 Å². The van der Waals surface area contributed by atoms with E-state index in [4.69, 9.17) is 0 Å². The van der Waals surface area contributed by atoms with Crippen molar-refractivity contribution in [3.8, 4) is 0 Å². The summed E-state index contributed by atoms with van der Waals surface area (Å²) >= 11 is 0. The van der Waals surface area contributed by atoms with E-state index in [1.807, 2.05) is 11.8 Å². The van der Waals surface area contributed by atoms with Crippen molar-refractivity contribution >= 4 is 11.8 Å². The molecule has 1 saturated carbocycles. The van der Waals surface area contributed by atoms with E-state index in [0.717, 1.165) is 74.6 Å². The maximum absolute atomic E-state index is 13.7. The van der Waals surface area contributed by atoms with Gasteiger partial charge >= 0.3 is 0 Å². The topological polar surface area (TPSA) is 60.9 Å². The number of aliphatic hydroxyl groups is 1. The van der Waals surface area contributed by atoms with E-state index < -0.39 is 5.54 Å². The zero-order chi connectivity index (χ0) is 20.6. The minimum atomic E-state index is -0.636. The highest BCUT2D eigenvalue weighted by atomic mass is 16.3. The Bertz CT molecular complexity index is 784. The fraction of sp³-hybridized carbons (Fsp3) is 0.667. The summed E-state index contributed by atoms with van der Waals surface area (Å²) in [6.07, 6.45) is 6.89. The molecule has 4 rings (SSSR count). The van der Waals surface area contributed by atoms with Gasteiger partial charge in [0.25, 0.3) is 0 Å². The number of aryl methyl sites for hydroxylation is 2. The maximum Gasteiger partial charge on any atom is 0.248 e. The molecule has 3 fully saturated rings. The minimum absolute atomic E-state index is 0.0884. The van der Waals surface area contributed by atoms with Gasteiger partial charge in [0.15, 0.2) is 0 Å². The SMILES string of the molecule is Cc1ccc(C)c(CC(=O)N2CCCC23CCCN(C2CCC(O)CC2)C3=O)c1. The van der Waals surface area contributed by atoms with Crippen molar-refractivity contribution in [3.63, 3.8) is 0 Å². The van der Waals surface area contributed by atoms with Crippen molar-refractivity contribution in [2.75, 3.05) is 13.1 Å². The summed E-state index contributed by atoms with van der Waals surface area (Å²) in [4.78, 5) is 31.0. The van der Waals surface area contributed by atoms with Crippen LogP contribution in [0.15, 0.2) is 18.2 Å². The first-order valence-electron chi connectivity index (χ1n) is 11.3. The molecule has 0 bridgehead atoms. The molecule has 1 spiro atoms. The first kappa shape index (κ1) is 20.4. The highest BCUT2D eigenvalue weighted by Gasteiger charge is 2.53. The van der Waals surface area contributed by atoms with Gasteiger partial charge in [0.05, 0.1) is 12.5 Å². The van der Waals surface area contributed by atoms with Gasteiger partial charge in [0, 0.05) is 19.1 Å². The molecule has 158 valence electrons. The van der Waals surface area contributed by atoms with Gasteiger partial charge in [-0.1, -0.05) is 23.8 Å². The highest BCUT2D eigenvalue weighted by molar-refractivity contribution is 5.93. The summed E-state index contributed by atoms with van der Waals surface area (Å²) in [5, 5.41) is 9.84. The Morgan fingerprint density at radius 1 is 1.10 bits per heavy atom. The third-order valence-electron chi connectivity index (χ3n) is 7.39. The second-order valence-electron chi connectivity index (χ2n) is 9.35. The second-order valence-corrected chi connectivity index (χ2v) is 9.35. The van der Waals surface area contributed by atoms with Crippen molar-refractivity contribution in [1.29, 1.82) is 0 Å². The van der Waals surface area contributed by atoms with Crippen molar-refractivity contribution in [2.24, 2.45) is 0 Å².